The van der Waals surface area contributed by atoms with Crippen molar-refractivity contribution in [3.8, 4) is 17.6 Å². The molecule has 1 atom stereocenters. The van der Waals surface area contributed by atoms with E-state index in [-0.39, 0.29) is 0 Å². The zero-order valence-electron chi connectivity index (χ0n) is 10.00. The van der Waals surface area contributed by atoms with Gasteiger partial charge in [-0.05, 0) is 31.2 Å². The van der Waals surface area contributed by atoms with E-state index in [2.05, 4.69) is 6.07 Å². The first-order valence-electron chi connectivity index (χ1n) is 5.65. The van der Waals surface area contributed by atoms with Crippen LogP contribution < -0.4 is 4.74 Å². The molecule has 18 heavy (non-hydrogen) atoms. The molecule has 0 heterocycles. The monoisotopic (exact) mass is 239 g/mol. The molecule has 90 valence electrons. The van der Waals surface area contributed by atoms with Crippen LogP contribution in [-0.4, -0.2) is 5.11 Å². The van der Waals surface area contributed by atoms with Gasteiger partial charge in [0.15, 0.2) is 0 Å². The van der Waals surface area contributed by atoms with Gasteiger partial charge in [0.05, 0.1) is 17.7 Å². The molecule has 0 bridgehead atoms. The number of rotatable bonds is 3. The van der Waals surface area contributed by atoms with Crippen LogP contribution in [0.4, 0.5) is 0 Å². The predicted molar refractivity (Wildman–Crippen MR) is 68.3 cm³/mol. The van der Waals surface area contributed by atoms with Gasteiger partial charge >= 0.3 is 0 Å². The molecule has 2 aromatic carbocycles. The van der Waals surface area contributed by atoms with Gasteiger partial charge in [-0.15, -0.1) is 0 Å². The Morgan fingerprint density at radius 1 is 1.17 bits per heavy atom. The van der Waals surface area contributed by atoms with Crippen molar-refractivity contribution in [2.45, 2.75) is 13.0 Å². The first-order valence-corrected chi connectivity index (χ1v) is 5.65. The van der Waals surface area contributed by atoms with Gasteiger partial charge in [-0.25, -0.2) is 0 Å². The summed E-state index contributed by atoms with van der Waals surface area (Å²) in [5.74, 6) is 1.18. The van der Waals surface area contributed by atoms with E-state index >= 15 is 0 Å². The highest BCUT2D eigenvalue weighted by Crippen LogP contribution is 2.29. The summed E-state index contributed by atoms with van der Waals surface area (Å²) in [6.45, 7) is 1.69. The molecule has 0 saturated heterocycles. The Balaban J connectivity index is 2.31. The highest BCUT2D eigenvalue weighted by atomic mass is 16.5. The molecule has 0 amide bonds. The molecule has 0 radical (unpaired) electrons. The highest BCUT2D eigenvalue weighted by molar-refractivity contribution is 5.42. The fourth-order valence-corrected chi connectivity index (χ4v) is 1.67. The fraction of sp³-hybridized carbons (Fsp3) is 0.133. The Morgan fingerprint density at radius 2 is 1.94 bits per heavy atom. The molecule has 2 aromatic rings. The summed E-state index contributed by atoms with van der Waals surface area (Å²) in [5.41, 5.74) is 1.27. The SMILES string of the molecule is C[C@@H](O)c1ccccc1Oc1cccc(C#N)c1. The number of nitrogens with zero attached hydrogens (tertiary/aromatic N) is 1. The lowest BCUT2D eigenvalue weighted by atomic mass is 10.1. The number of ether oxygens (including phenoxy) is 1. The van der Waals surface area contributed by atoms with Gasteiger partial charge in [-0.1, -0.05) is 24.3 Å². The van der Waals surface area contributed by atoms with E-state index < -0.39 is 6.10 Å². The maximum Gasteiger partial charge on any atom is 0.133 e. The van der Waals surface area contributed by atoms with Crippen molar-refractivity contribution in [1.29, 1.82) is 5.26 Å². The summed E-state index contributed by atoms with van der Waals surface area (Å²) in [6.07, 6.45) is -0.597. The Hall–Kier alpha value is -2.31. The fourth-order valence-electron chi connectivity index (χ4n) is 1.67. The predicted octanol–water partition coefficient (Wildman–Crippen LogP) is 3.40. The molecule has 3 heteroatoms. The van der Waals surface area contributed by atoms with Crippen molar-refractivity contribution in [2.24, 2.45) is 0 Å². The van der Waals surface area contributed by atoms with Crippen molar-refractivity contribution in [3.05, 3.63) is 59.7 Å². The van der Waals surface area contributed by atoms with Crippen molar-refractivity contribution < 1.29 is 9.84 Å². The summed E-state index contributed by atoms with van der Waals surface area (Å²) < 4.78 is 5.70. The van der Waals surface area contributed by atoms with E-state index in [4.69, 9.17) is 10.00 Å². The van der Waals surface area contributed by atoms with E-state index in [9.17, 15) is 5.11 Å². The molecule has 3 nitrogen and oxygen atoms in total. The first kappa shape index (κ1) is 12.2. The van der Waals surface area contributed by atoms with E-state index in [1.807, 2.05) is 18.2 Å². The summed E-state index contributed by atoms with van der Waals surface area (Å²) in [7, 11) is 0. The van der Waals surface area contributed by atoms with Gasteiger partial charge in [-0.2, -0.15) is 5.26 Å². The van der Waals surface area contributed by atoms with Crippen molar-refractivity contribution in [1.82, 2.24) is 0 Å². The van der Waals surface area contributed by atoms with E-state index in [1.165, 1.54) is 0 Å². The molecule has 0 saturated carbocycles. The Morgan fingerprint density at radius 3 is 2.67 bits per heavy atom. The molecule has 1 N–H and O–H groups in total. The minimum Gasteiger partial charge on any atom is -0.457 e. The molecule has 0 unspecified atom stereocenters. The number of benzene rings is 2. The summed E-state index contributed by atoms with van der Waals surface area (Å²) >= 11 is 0. The first-order chi connectivity index (χ1) is 8.70. The summed E-state index contributed by atoms with van der Waals surface area (Å²) in [6, 6.07) is 16.3. The lowest BCUT2D eigenvalue weighted by Crippen LogP contribution is -1.95. The van der Waals surface area contributed by atoms with Crippen LogP contribution >= 0.6 is 0 Å². The van der Waals surface area contributed by atoms with Crippen LogP contribution in [0.25, 0.3) is 0 Å². The number of hydrogen-bond donors (Lipinski definition) is 1. The van der Waals surface area contributed by atoms with Gasteiger partial charge in [0.25, 0.3) is 0 Å². The van der Waals surface area contributed by atoms with E-state index in [0.717, 1.165) is 5.56 Å². The van der Waals surface area contributed by atoms with E-state index in [0.29, 0.717) is 17.1 Å². The Kier molecular flexibility index (Phi) is 3.61. The van der Waals surface area contributed by atoms with Gasteiger partial charge in [0.2, 0.25) is 0 Å². The minimum atomic E-state index is -0.597. The number of aliphatic hydroxyl groups excluding tert-OH is 1. The number of nitriles is 1. The molecular weight excluding hydrogens is 226 g/mol. The van der Waals surface area contributed by atoms with Crippen LogP contribution in [0.2, 0.25) is 0 Å². The molecule has 0 aliphatic heterocycles. The summed E-state index contributed by atoms with van der Waals surface area (Å²) in [5, 5.41) is 18.5. The van der Waals surface area contributed by atoms with Crippen LogP contribution in [0.5, 0.6) is 11.5 Å². The number of para-hydroxylation sites is 1. The minimum absolute atomic E-state index is 0.544. The number of aliphatic hydroxyl groups is 1. The standard InChI is InChI=1S/C15H13NO2/c1-11(17)14-7-2-3-8-15(14)18-13-6-4-5-12(9-13)10-16/h2-9,11,17H,1H3/t11-/m1/s1. The van der Waals surface area contributed by atoms with Crippen LogP contribution in [0, 0.1) is 11.3 Å². The van der Waals surface area contributed by atoms with Crippen molar-refractivity contribution in [3.63, 3.8) is 0 Å². The lowest BCUT2D eigenvalue weighted by Gasteiger charge is -2.12. The average molecular weight is 239 g/mol. The lowest BCUT2D eigenvalue weighted by molar-refractivity contribution is 0.195. The zero-order chi connectivity index (χ0) is 13.0. The van der Waals surface area contributed by atoms with Crippen molar-refractivity contribution in [2.75, 3.05) is 0 Å². The van der Waals surface area contributed by atoms with Gasteiger partial charge in [0, 0.05) is 5.56 Å². The normalized spacial score (nSPS) is 11.6. The van der Waals surface area contributed by atoms with Crippen LogP contribution in [0.1, 0.15) is 24.2 Å². The molecular formula is C15H13NO2. The van der Waals surface area contributed by atoms with Gasteiger partial charge < -0.3 is 9.84 Å². The smallest absolute Gasteiger partial charge is 0.133 e. The van der Waals surface area contributed by atoms with Crippen molar-refractivity contribution >= 4 is 0 Å². The second-order valence-corrected chi connectivity index (χ2v) is 3.96. The molecule has 0 fully saturated rings. The molecule has 0 aliphatic rings. The zero-order valence-corrected chi connectivity index (χ0v) is 10.00. The third-order valence-corrected chi connectivity index (χ3v) is 2.56. The Labute approximate surface area is 106 Å². The topological polar surface area (TPSA) is 53.2 Å². The third kappa shape index (κ3) is 2.68. The van der Waals surface area contributed by atoms with Gasteiger partial charge in [-0.3, -0.25) is 0 Å². The molecule has 0 aromatic heterocycles. The average Bonchev–Trinajstić information content (AvgIpc) is 2.39. The molecule has 0 aliphatic carbocycles. The maximum atomic E-state index is 9.65. The van der Waals surface area contributed by atoms with Crippen LogP contribution in [0.3, 0.4) is 0 Å². The quantitative estimate of drug-likeness (QED) is 0.893. The molecule has 2 rings (SSSR count). The van der Waals surface area contributed by atoms with Gasteiger partial charge in [0.1, 0.15) is 11.5 Å². The Bertz CT molecular complexity index is 585. The largest absolute Gasteiger partial charge is 0.457 e. The maximum absolute atomic E-state index is 9.65. The third-order valence-electron chi connectivity index (χ3n) is 2.56. The van der Waals surface area contributed by atoms with E-state index in [1.54, 1.807) is 37.3 Å². The highest BCUT2D eigenvalue weighted by Gasteiger charge is 2.09. The molecule has 0 spiro atoms. The second-order valence-electron chi connectivity index (χ2n) is 3.96. The van der Waals surface area contributed by atoms with Crippen LogP contribution in [0.15, 0.2) is 48.5 Å². The second kappa shape index (κ2) is 5.35. The van der Waals surface area contributed by atoms with Crippen LogP contribution in [-0.2, 0) is 0 Å². The number of hydrogen-bond acceptors (Lipinski definition) is 3. The summed E-state index contributed by atoms with van der Waals surface area (Å²) in [4.78, 5) is 0.